The summed E-state index contributed by atoms with van der Waals surface area (Å²) in [7, 11) is 0. The molecule has 0 aliphatic carbocycles. The Morgan fingerprint density at radius 1 is 1.37 bits per heavy atom. The maximum atomic E-state index is 12.7. The molecular weight excluding hydrogens is 403 g/mol. The van der Waals surface area contributed by atoms with Gasteiger partial charge >= 0.3 is 6.36 Å². The SMILES string of the molecule is CC(=O)N1CCC2(C1)CN(c1ncc(Cl)s1)c1ccc(OC(F)(F)F)cc12. The van der Waals surface area contributed by atoms with Gasteiger partial charge in [-0.05, 0) is 30.2 Å². The van der Waals surface area contributed by atoms with Crippen molar-refractivity contribution in [3.8, 4) is 5.75 Å². The number of fused-ring (bicyclic) bond motifs is 2. The van der Waals surface area contributed by atoms with Crippen LogP contribution in [-0.2, 0) is 10.2 Å². The number of nitrogens with zero attached hydrogens (tertiary/aromatic N) is 3. The lowest BCUT2D eigenvalue weighted by Gasteiger charge is -2.25. The molecule has 2 aliphatic rings. The summed E-state index contributed by atoms with van der Waals surface area (Å²) in [6.45, 7) is 3.02. The molecule has 1 unspecified atom stereocenters. The van der Waals surface area contributed by atoms with Crippen molar-refractivity contribution in [1.82, 2.24) is 9.88 Å². The smallest absolute Gasteiger partial charge is 0.406 e. The number of thiazole rings is 1. The van der Waals surface area contributed by atoms with Crippen LogP contribution in [0.5, 0.6) is 5.75 Å². The van der Waals surface area contributed by atoms with E-state index < -0.39 is 11.8 Å². The number of rotatable bonds is 2. The highest BCUT2D eigenvalue weighted by Crippen LogP contribution is 2.51. The van der Waals surface area contributed by atoms with Gasteiger partial charge in [-0.15, -0.1) is 13.2 Å². The zero-order valence-electron chi connectivity index (χ0n) is 14.2. The highest BCUT2D eigenvalue weighted by Gasteiger charge is 2.49. The van der Waals surface area contributed by atoms with Crippen LogP contribution in [0.3, 0.4) is 0 Å². The van der Waals surface area contributed by atoms with Crippen LogP contribution in [0.2, 0.25) is 4.34 Å². The Kier molecular flexibility index (Phi) is 4.27. The number of ether oxygens (including phenoxy) is 1. The quantitative estimate of drug-likeness (QED) is 0.729. The van der Waals surface area contributed by atoms with Gasteiger partial charge in [0, 0.05) is 37.7 Å². The summed E-state index contributed by atoms with van der Waals surface area (Å²) in [5.41, 5.74) is 1.03. The zero-order valence-corrected chi connectivity index (χ0v) is 15.8. The van der Waals surface area contributed by atoms with E-state index in [1.807, 2.05) is 4.90 Å². The molecule has 27 heavy (non-hydrogen) atoms. The van der Waals surface area contributed by atoms with Crippen LogP contribution in [-0.4, -0.2) is 41.8 Å². The first-order chi connectivity index (χ1) is 12.7. The van der Waals surface area contributed by atoms with Gasteiger partial charge in [-0.2, -0.15) is 0 Å². The highest BCUT2D eigenvalue weighted by molar-refractivity contribution is 7.19. The first kappa shape index (κ1) is 18.4. The van der Waals surface area contributed by atoms with Gasteiger partial charge in [0.25, 0.3) is 0 Å². The summed E-state index contributed by atoms with van der Waals surface area (Å²) >= 11 is 7.31. The number of benzene rings is 1. The predicted molar refractivity (Wildman–Crippen MR) is 95.8 cm³/mol. The second-order valence-corrected chi connectivity index (χ2v) is 8.37. The Labute approximate surface area is 162 Å². The molecule has 1 aromatic carbocycles. The molecule has 5 nitrogen and oxygen atoms in total. The third-order valence-corrected chi connectivity index (χ3v) is 6.16. The minimum absolute atomic E-state index is 0.0492. The molecule has 2 aliphatic heterocycles. The van der Waals surface area contributed by atoms with Crippen molar-refractivity contribution in [3.63, 3.8) is 0 Å². The number of carbonyl (C=O) groups excluding carboxylic acids is 1. The average Bonchev–Trinajstić information content (AvgIpc) is 3.25. The summed E-state index contributed by atoms with van der Waals surface area (Å²) in [6.07, 6.45) is -2.56. The number of carbonyl (C=O) groups is 1. The monoisotopic (exact) mass is 417 g/mol. The fourth-order valence-electron chi connectivity index (χ4n) is 3.88. The number of hydrogen-bond acceptors (Lipinski definition) is 5. The molecule has 0 N–H and O–H groups in total. The lowest BCUT2D eigenvalue weighted by atomic mass is 9.81. The minimum Gasteiger partial charge on any atom is -0.406 e. The molecule has 1 amide bonds. The Morgan fingerprint density at radius 2 is 2.15 bits per heavy atom. The first-order valence-electron chi connectivity index (χ1n) is 8.22. The third-order valence-electron chi connectivity index (χ3n) is 5.02. The lowest BCUT2D eigenvalue weighted by molar-refractivity contribution is -0.274. The maximum absolute atomic E-state index is 12.7. The maximum Gasteiger partial charge on any atom is 0.573 e. The van der Waals surface area contributed by atoms with Gasteiger partial charge in [0.15, 0.2) is 5.13 Å². The van der Waals surface area contributed by atoms with Crippen molar-refractivity contribution in [3.05, 3.63) is 34.3 Å². The van der Waals surface area contributed by atoms with Crippen molar-refractivity contribution < 1.29 is 22.7 Å². The van der Waals surface area contributed by atoms with Gasteiger partial charge in [0.2, 0.25) is 5.91 Å². The van der Waals surface area contributed by atoms with Crippen LogP contribution in [0, 0.1) is 0 Å². The van der Waals surface area contributed by atoms with Crippen LogP contribution < -0.4 is 9.64 Å². The van der Waals surface area contributed by atoms with Gasteiger partial charge in [-0.1, -0.05) is 22.9 Å². The number of halogens is 4. The van der Waals surface area contributed by atoms with E-state index in [1.54, 1.807) is 17.2 Å². The molecule has 0 radical (unpaired) electrons. The van der Waals surface area contributed by atoms with E-state index in [2.05, 4.69) is 9.72 Å². The van der Waals surface area contributed by atoms with E-state index in [0.717, 1.165) is 11.3 Å². The van der Waals surface area contributed by atoms with Crippen LogP contribution in [0.15, 0.2) is 24.4 Å². The first-order valence-corrected chi connectivity index (χ1v) is 9.41. The molecule has 10 heteroatoms. The standard InChI is InChI=1S/C17H15ClF3N3O2S/c1-10(25)23-5-4-16(8-23)9-24(15-22-7-14(18)27-15)13-3-2-11(6-12(13)16)26-17(19,20)21/h2-3,6-7H,4-5,8-9H2,1H3. The molecule has 0 saturated carbocycles. The third kappa shape index (κ3) is 3.34. The van der Waals surface area contributed by atoms with E-state index in [9.17, 15) is 18.0 Å². The molecule has 144 valence electrons. The fraction of sp³-hybridized carbons (Fsp3) is 0.412. The molecule has 3 heterocycles. The van der Waals surface area contributed by atoms with Crippen LogP contribution in [0.4, 0.5) is 24.0 Å². The molecule has 1 spiro atoms. The fourth-order valence-corrected chi connectivity index (χ4v) is 4.79. The van der Waals surface area contributed by atoms with Gasteiger partial charge in [0.1, 0.15) is 10.1 Å². The molecule has 1 fully saturated rings. The summed E-state index contributed by atoms with van der Waals surface area (Å²) in [4.78, 5) is 19.8. The number of alkyl halides is 3. The van der Waals surface area contributed by atoms with E-state index in [1.165, 1.54) is 30.4 Å². The Hall–Kier alpha value is -2.00. The van der Waals surface area contributed by atoms with Gasteiger partial charge in [-0.25, -0.2) is 4.98 Å². The second-order valence-electron chi connectivity index (χ2n) is 6.73. The molecule has 1 saturated heterocycles. The largest absolute Gasteiger partial charge is 0.573 e. The molecular formula is C17H15ClF3N3O2S. The number of amides is 1. The van der Waals surface area contributed by atoms with Crippen molar-refractivity contribution in [2.24, 2.45) is 0 Å². The van der Waals surface area contributed by atoms with E-state index >= 15 is 0 Å². The van der Waals surface area contributed by atoms with Crippen molar-refractivity contribution in [2.45, 2.75) is 25.1 Å². The van der Waals surface area contributed by atoms with Gasteiger partial charge < -0.3 is 14.5 Å². The molecule has 1 aromatic heterocycles. The summed E-state index contributed by atoms with van der Waals surface area (Å²) < 4.78 is 42.6. The minimum atomic E-state index is -4.76. The number of aromatic nitrogens is 1. The van der Waals surface area contributed by atoms with Gasteiger partial charge in [-0.3, -0.25) is 4.79 Å². The van der Waals surface area contributed by atoms with Crippen molar-refractivity contribution in [2.75, 3.05) is 24.5 Å². The van der Waals surface area contributed by atoms with E-state index in [0.29, 0.717) is 35.5 Å². The van der Waals surface area contributed by atoms with Crippen LogP contribution in [0.1, 0.15) is 18.9 Å². The van der Waals surface area contributed by atoms with Gasteiger partial charge in [0.05, 0.1) is 6.20 Å². The van der Waals surface area contributed by atoms with Crippen LogP contribution in [0.25, 0.3) is 0 Å². The summed E-state index contributed by atoms with van der Waals surface area (Å²) in [5.74, 6) is -0.312. The predicted octanol–water partition coefficient (Wildman–Crippen LogP) is 4.34. The van der Waals surface area contributed by atoms with Crippen LogP contribution >= 0.6 is 22.9 Å². The Balaban J connectivity index is 1.77. The number of hydrogen-bond donors (Lipinski definition) is 0. The Morgan fingerprint density at radius 3 is 2.74 bits per heavy atom. The topological polar surface area (TPSA) is 45.7 Å². The average molecular weight is 418 g/mol. The lowest BCUT2D eigenvalue weighted by Crippen LogP contribution is -2.36. The summed E-state index contributed by atoms with van der Waals surface area (Å²) in [6, 6.07) is 4.34. The van der Waals surface area contributed by atoms with E-state index in [4.69, 9.17) is 11.6 Å². The van der Waals surface area contributed by atoms with Crippen molar-refractivity contribution >= 4 is 39.7 Å². The second kappa shape index (κ2) is 6.27. The Bertz CT molecular complexity index is 904. The zero-order chi connectivity index (χ0) is 19.4. The molecule has 0 bridgehead atoms. The molecule has 1 atom stereocenters. The molecule has 2 aromatic rings. The van der Waals surface area contributed by atoms with Crippen molar-refractivity contribution in [1.29, 1.82) is 0 Å². The highest BCUT2D eigenvalue weighted by atomic mass is 35.5. The van der Waals surface area contributed by atoms with E-state index in [-0.39, 0.29) is 11.7 Å². The normalized spacial score (nSPS) is 21.8. The number of anilines is 2. The number of likely N-dealkylation sites (tertiary alicyclic amines) is 1. The summed E-state index contributed by atoms with van der Waals surface area (Å²) in [5, 5.41) is 0.670. The molecule has 4 rings (SSSR count).